The molecule has 3 rings (SSSR count). The third kappa shape index (κ3) is 2.28. The zero-order valence-electron chi connectivity index (χ0n) is 12.1. The number of alkyl halides is 3. The molecular formula is C15H8F3N3O3. The maximum atomic E-state index is 12.9. The molecule has 1 aromatic carbocycles. The summed E-state index contributed by atoms with van der Waals surface area (Å²) in [6.07, 6.45) is -3.75. The third-order valence-electron chi connectivity index (χ3n) is 3.53. The smallest absolute Gasteiger partial charge is 0.431 e. The van der Waals surface area contributed by atoms with Gasteiger partial charge in [0, 0.05) is 18.5 Å². The van der Waals surface area contributed by atoms with Crippen molar-refractivity contribution < 1.29 is 17.6 Å². The number of halogens is 3. The summed E-state index contributed by atoms with van der Waals surface area (Å²) >= 11 is 0. The van der Waals surface area contributed by atoms with Crippen LogP contribution in [0.2, 0.25) is 0 Å². The quantitative estimate of drug-likeness (QED) is 0.682. The summed E-state index contributed by atoms with van der Waals surface area (Å²) in [5.41, 5.74) is -3.14. The Hall–Kier alpha value is -3.28. The SMILES string of the molecule is Cn1c(C(F)(F)F)cc(=O)n(-c2coc3ccc(C#N)cc23)c1=O. The molecule has 0 saturated carbocycles. The summed E-state index contributed by atoms with van der Waals surface area (Å²) in [7, 11) is 0.921. The highest BCUT2D eigenvalue weighted by molar-refractivity contribution is 5.87. The Morgan fingerprint density at radius 1 is 1.21 bits per heavy atom. The van der Waals surface area contributed by atoms with Gasteiger partial charge in [-0.1, -0.05) is 0 Å². The zero-order valence-corrected chi connectivity index (χ0v) is 12.1. The molecule has 0 aliphatic carbocycles. The van der Waals surface area contributed by atoms with Gasteiger partial charge in [-0.25, -0.2) is 9.36 Å². The number of rotatable bonds is 1. The molecule has 122 valence electrons. The summed E-state index contributed by atoms with van der Waals surface area (Å²) in [4.78, 5) is 24.4. The first-order valence-electron chi connectivity index (χ1n) is 6.56. The highest BCUT2D eigenvalue weighted by Crippen LogP contribution is 2.28. The van der Waals surface area contributed by atoms with Crippen molar-refractivity contribution in [1.82, 2.24) is 9.13 Å². The van der Waals surface area contributed by atoms with Gasteiger partial charge >= 0.3 is 11.9 Å². The first-order chi connectivity index (χ1) is 11.2. The van der Waals surface area contributed by atoms with Gasteiger partial charge in [-0.3, -0.25) is 9.36 Å². The highest BCUT2D eigenvalue weighted by atomic mass is 19.4. The molecular weight excluding hydrogens is 327 g/mol. The molecule has 2 heterocycles. The normalized spacial score (nSPS) is 11.6. The van der Waals surface area contributed by atoms with Gasteiger partial charge in [0.2, 0.25) is 0 Å². The van der Waals surface area contributed by atoms with E-state index in [2.05, 4.69) is 0 Å². The largest absolute Gasteiger partial charge is 0.462 e. The Labute approximate surface area is 131 Å². The molecule has 0 aliphatic rings. The monoisotopic (exact) mass is 335 g/mol. The molecule has 3 aromatic rings. The van der Waals surface area contributed by atoms with Gasteiger partial charge < -0.3 is 4.42 Å². The number of hydrogen-bond donors (Lipinski definition) is 0. The predicted octanol–water partition coefficient (Wildman–Crippen LogP) is 2.17. The minimum absolute atomic E-state index is 0.0265. The van der Waals surface area contributed by atoms with Crippen molar-refractivity contribution in [3.05, 3.63) is 62.6 Å². The number of nitrogens with zero attached hydrogens (tertiary/aromatic N) is 3. The number of fused-ring (bicyclic) bond motifs is 1. The standard InChI is InChI=1S/C15H8F3N3O3/c1-20-12(15(16,17)18)5-13(22)21(14(20)23)10-7-24-11-3-2-8(6-19)4-9(10)11/h2-5,7H,1H3. The van der Waals surface area contributed by atoms with Gasteiger partial charge in [-0.15, -0.1) is 0 Å². The van der Waals surface area contributed by atoms with Crippen molar-refractivity contribution in [2.24, 2.45) is 7.05 Å². The molecule has 0 radical (unpaired) electrons. The topological polar surface area (TPSA) is 80.9 Å². The zero-order chi connectivity index (χ0) is 17.6. The van der Waals surface area contributed by atoms with Crippen LogP contribution in [0.4, 0.5) is 13.2 Å². The lowest BCUT2D eigenvalue weighted by molar-refractivity contribution is -0.144. The maximum absolute atomic E-state index is 12.9. The number of furan rings is 1. The molecule has 0 fully saturated rings. The summed E-state index contributed by atoms with van der Waals surface area (Å²) in [6, 6.07) is 6.57. The second-order valence-electron chi connectivity index (χ2n) is 4.99. The van der Waals surface area contributed by atoms with Crippen molar-refractivity contribution >= 4 is 11.0 Å². The molecule has 0 aliphatic heterocycles. The molecule has 6 nitrogen and oxygen atoms in total. The van der Waals surface area contributed by atoms with E-state index < -0.39 is 23.1 Å². The molecule has 0 saturated heterocycles. The Balaban J connectivity index is 2.37. The van der Waals surface area contributed by atoms with E-state index in [-0.39, 0.29) is 22.2 Å². The fraction of sp³-hybridized carbons (Fsp3) is 0.133. The summed E-state index contributed by atoms with van der Waals surface area (Å²) in [5.74, 6) is 0. The first kappa shape index (κ1) is 15.6. The van der Waals surface area contributed by atoms with Crippen LogP contribution in [0.25, 0.3) is 16.7 Å². The molecule has 0 spiro atoms. The number of hydrogen-bond acceptors (Lipinski definition) is 4. The van der Waals surface area contributed by atoms with Crippen LogP contribution < -0.4 is 11.2 Å². The molecule has 0 atom stereocenters. The second-order valence-corrected chi connectivity index (χ2v) is 4.99. The molecule has 2 aromatic heterocycles. The van der Waals surface area contributed by atoms with Crippen LogP contribution >= 0.6 is 0 Å². The fourth-order valence-corrected chi connectivity index (χ4v) is 2.38. The van der Waals surface area contributed by atoms with E-state index in [4.69, 9.17) is 9.68 Å². The molecule has 0 amide bonds. The van der Waals surface area contributed by atoms with E-state index in [1.54, 1.807) is 0 Å². The maximum Gasteiger partial charge on any atom is 0.431 e. The van der Waals surface area contributed by atoms with Gasteiger partial charge in [-0.05, 0) is 18.2 Å². The number of nitriles is 1. The van der Waals surface area contributed by atoms with Gasteiger partial charge in [-0.2, -0.15) is 18.4 Å². The summed E-state index contributed by atoms with van der Waals surface area (Å²) in [5, 5.41) is 9.21. The van der Waals surface area contributed by atoms with E-state index >= 15 is 0 Å². The summed E-state index contributed by atoms with van der Waals surface area (Å²) in [6.45, 7) is 0. The lowest BCUT2D eigenvalue weighted by Gasteiger charge is -2.13. The van der Waals surface area contributed by atoms with E-state index in [1.165, 1.54) is 18.2 Å². The Morgan fingerprint density at radius 2 is 1.92 bits per heavy atom. The van der Waals surface area contributed by atoms with Crippen LogP contribution in [0.3, 0.4) is 0 Å². The summed E-state index contributed by atoms with van der Waals surface area (Å²) < 4.78 is 44.7. The van der Waals surface area contributed by atoms with E-state index in [0.717, 1.165) is 13.3 Å². The van der Waals surface area contributed by atoms with Crippen molar-refractivity contribution in [2.45, 2.75) is 6.18 Å². The Kier molecular flexibility index (Phi) is 3.33. The lowest BCUT2D eigenvalue weighted by Crippen LogP contribution is -2.40. The second kappa shape index (κ2) is 5.13. The van der Waals surface area contributed by atoms with Crippen LogP contribution in [0, 0.1) is 11.3 Å². The van der Waals surface area contributed by atoms with Gasteiger partial charge in [0.05, 0.1) is 11.6 Å². The minimum Gasteiger partial charge on any atom is -0.462 e. The average molecular weight is 335 g/mol. The molecule has 0 N–H and O–H groups in total. The first-order valence-corrected chi connectivity index (χ1v) is 6.56. The highest BCUT2D eigenvalue weighted by Gasteiger charge is 2.35. The van der Waals surface area contributed by atoms with Crippen LogP contribution in [0.1, 0.15) is 11.3 Å². The molecule has 0 bridgehead atoms. The van der Waals surface area contributed by atoms with Gasteiger partial charge in [0.1, 0.15) is 23.2 Å². The van der Waals surface area contributed by atoms with E-state index in [9.17, 15) is 22.8 Å². The van der Waals surface area contributed by atoms with Crippen LogP contribution in [-0.2, 0) is 13.2 Å². The number of benzene rings is 1. The fourth-order valence-electron chi connectivity index (χ4n) is 2.38. The predicted molar refractivity (Wildman–Crippen MR) is 76.8 cm³/mol. The molecule has 9 heteroatoms. The van der Waals surface area contributed by atoms with Crippen LogP contribution in [-0.4, -0.2) is 9.13 Å². The minimum atomic E-state index is -4.83. The average Bonchev–Trinajstić information content (AvgIpc) is 2.93. The van der Waals surface area contributed by atoms with Crippen LogP contribution in [0.5, 0.6) is 0 Å². The van der Waals surface area contributed by atoms with Crippen LogP contribution in [0.15, 0.2) is 44.5 Å². The number of aromatic nitrogens is 2. The third-order valence-corrected chi connectivity index (χ3v) is 3.53. The Morgan fingerprint density at radius 3 is 2.54 bits per heavy atom. The van der Waals surface area contributed by atoms with Crippen molar-refractivity contribution in [3.63, 3.8) is 0 Å². The molecule has 24 heavy (non-hydrogen) atoms. The van der Waals surface area contributed by atoms with Crippen molar-refractivity contribution in [3.8, 4) is 11.8 Å². The van der Waals surface area contributed by atoms with Gasteiger partial charge in [0.15, 0.2) is 0 Å². The lowest BCUT2D eigenvalue weighted by atomic mass is 10.1. The van der Waals surface area contributed by atoms with Crippen molar-refractivity contribution in [1.29, 1.82) is 5.26 Å². The van der Waals surface area contributed by atoms with E-state index in [1.807, 2.05) is 6.07 Å². The van der Waals surface area contributed by atoms with Crippen molar-refractivity contribution in [2.75, 3.05) is 0 Å². The Bertz CT molecular complexity index is 1110. The van der Waals surface area contributed by atoms with E-state index in [0.29, 0.717) is 15.2 Å². The van der Waals surface area contributed by atoms with Gasteiger partial charge in [0.25, 0.3) is 5.56 Å². The molecule has 0 unspecified atom stereocenters.